The molecule has 1 aliphatic rings. The number of hydrogen-bond donors (Lipinski definition) is 1. The molecule has 1 aromatic carbocycles. The third kappa shape index (κ3) is 2.16. The summed E-state index contributed by atoms with van der Waals surface area (Å²) in [5.74, 6) is -0.538. The Bertz CT molecular complexity index is 537. The first kappa shape index (κ1) is 13.1. The molecule has 0 aromatic heterocycles. The lowest BCUT2D eigenvalue weighted by atomic mass is 9.91. The third-order valence-electron chi connectivity index (χ3n) is 3.05. The van der Waals surface area contributed by atoms with E-state index in [0.717, 1.165) is 12.0 Å². The van der Waals surface area contributed by atoms with Gasteiger partial charge in [-0.1, -0.05) is 11.6 Å². The van der Waals surface area contributed by atoms with Crippen molar-refractivity contribution in [1.29, 1.82) is 5.26 Å². The molecule has 0 bridgehead atoms. The Morgan fingerprint density at radius 2 is 2.28 bits per heavy atom. The van der Waals surface area contributed by atoms with E-state index in [1.54, 1.807) is 6.07 Å². The van der Waals surface area contributed by atoms with Crippen LogP contribution in [0.2, 0.25) is 5.02 Å². The summed E-state index contributed by atoms with van der Waals surface area (Å²) >= 11 is 5.77. The topological polar surface area (TPSA) is 53.2 Å². The maximum Gasteiger partial charge on any atom is 0.172 e. The summed E-state index contributed by atoms with van der Waals surface area (Å²) in [5.41, 5.74) is 0.120. The Hall–Kier alpha value is -1.31. The minimum Gasteiger partial charge on any atom is -0.487 e. The van der Waals surface area contributed by atoms with Gasteiger partial charge in [-0.05, 0) is 38.3 Å². The summed E-state index contributed by atoms with van der Waals surface area (Å²) < 4.78 is 19.7. The predicted molar refractivity (Wildman–Crippen MR) is 65.0 cm³/mol. The van der Waals surface area contributed by atoms with E-state index in [1.807, 2.05) is 13.8 Å². The number of aliphatic hydroxyl groups excluding tert-OH is 1. The van der Waals surface area contributed by atoms with Gasteiger partial charge >= 0.3 is 0 Å². The number of nitrogens with zero attached hydrogens (tertiary/aromatic N) is 1. The molecule has 0 saturated heterocycles. The summed E-state index contributed by atoms with van der Waals surface area (Å²) in [6.07, 6.45) is -0.135. The second-order valence-corrected chi connectivity index (χ2v) is 5.37. The van der Waals surface area contributed by atoms with Gasteiger partial charge < -0.3 is 9.84 Å². The van der Waals surface area contributed by atoms with Gasteiger partial charge in [0.05, 0.1) is 16.7 Å². The second kappa shape index (κ2) is 4.42. The molecule has 1 heterocycles. The van der Waals surface area contributed by atoms with E-state index in [-0.39, 0.29) is 16.3 Å². The standard InChI is InChI=1S/C13H13ClFNO2/c1-13(2)4-3-7-5-8(14)11(15)10(9(17)6-16)12(7)18-13/h5,9,17H,3-4H2,1-2H3. The molecule has 0 spiro atoms. The van der Waals surface area contributed by atoms with Gasteiger partial charge in [0, 0.05) is 0 Å². The fourth-order valence-electron chi connectivity index (χ4n) is 2.06. The van der Waals surface area contributed by atoms with Gasteiger partial charge in [-0.25, -0.2) is 4.39 Å². The molecule has 1 unspecified atom stereocenters. The molecular weight excluding hydrogens is 257 g/mol. The van der Waals surface area contributed by atoms with E-state index in [1.165, 1.54) is 6.07 Å². The number of nitriles is 1. The molecule has 96 valence electrons. The number of hydrogen-bond acceptors (Lipinski definition) is 3. The second-order valence-electron chi connectivity index (χ2n) is 4.97. The first-order valence-corrected chi connectivity index (χ1v) is 6.01. The molecule has 3 nitrogen and oxygen atoms in total. The van der Waals surface area contributed by atoms with Gasteiger partial charge in [-0.3, -0.25) is 0 Å². The zero-order chi connectivity index (χ0) is 13.5. The Kier molecular flexibility index (Phi) is 3.22. The Labute approximate surface area is 110 Å². The van der Waals surface area contributed by atoms with Crippen LogP contribution in [0.3, 0.4) is 0 Å². The van der Waals surface area contributed by atoms with Crippen LogP contribution in [-0.2, 0) is 6.42 Å². The summed E-state index contributed by atoms with van der Waals surface area (Å²) in [6, 6.07) is 3.10. The van der Waals surface area contributed by atoms with Crippen molar-refractivity contribution in [3.63, 3.8) is 0 Å². The number of halogens is 2. The minimum absolute atomic E-state index is 0.0960. The lowest BCUT2D eigenvalue weighted by Crippen LogP contribution is -2.33. The maximum atomic E-state index is 14.0. The smallest absolute Gasteiger partial charge is 0.172 e. The molecule has 1 aliphatic heterocycles. The number of benzene rings is 1. The van der Waals surface area contributed by atoms with E-state index < -0.39 is 17.5 Å². The highest BCUT2D eigenvalue weighted by molar-refractivity contribution is 6.31. The summed E-state index contributed by atoms with van der Waals surface area (Å²) in [6.45, 7) is 3.76. The lowest BCUT2D eigenvalue weighted by molar-refractivity contribution is 0.0788. The fourth-order valence-corrected chi connectivity index (χ4v) is 2.29. The molecular formula is C13H13ClFNO2. The SMILES string of the molecule is CC1(C)CCc2cc(Cl)c(F)c(C(O)C#N)c2O1. The number of rotatable bonds is 1. The van der Waals surface area contributed by atoms with E-state index in [4.69, 9.17) is 21.6 Å². The molecule has 0 amide bonds. The van der Waals surface area contributed by atoms with Crippen LogP contribution in [-0.4, -0.2) is 10.7 Å². The lowest BCUT2D eigenvalue weighted by Gasteiger charge is -2.34. The summed E-state index contributed by atoms with van der Waals surface area (Å²) in [5, 5.41) is 18.3. The summed E-state index contributed by atoms with van der Waals surface area (Å²) in [7, 11) is 0. The molecule has 1 aromatic rings. The molecule has 0 radical (unpaired) electrons. The molecule has 1 N–H and O–H groups in total. The van der Waals surface area contributed by atoms with Crippen molar-refractivity contribution in [3.05, 3.63) is 28.0 Å². The van der Waals surface area contributed by atoms with Crippen molar-refractivity contribution in [2.75, 3.05) is 0 Å². The molecule has 18 heavy (non-hydrogen) atoms. The van der Waals surface area contributed by atoms with Gasteiger partial charge in [0.15, 0.2) is 11.9 Å². The average Bonchev–Trinajstić information content (AvgIpc) is 2.30. The van der Waals surface area contributed by atoms with Crippen LogP contribution in [0.5, 0.6) is 5.75 Å². The predicted octanol–water partition coefficient (Wildman–Crippen LogP) is 3.14. The van der Waals surface area contributed by atoms with Gasteiger partial charge in [-0.15, -0.1) is 0 Å². The first-order chi connectivity index (χ1) is 8.35. The molecule has 2 rings (SSSR count). The molecule has 1 atom stereocenters. The first-order valence-electron chi connectivity index (χ1n) is 5.63. The monoisotopic (exact) mass is 269 g/mol. The van der Waals surface area contributed by atoms with Crippen LogP contribution in [0.15, 0.2) is 6.07 Å². The van der Waals surface area contributed by atoms with Crippen molar-refractivity contribution in [2.24, 2.45) is 0 Å². The van der Waals surface area contributed by atoms with Gasteiger partial charge in [0.2, 0.25) is 0 Å². The Morgan fingerprint density at radius 1 is 1.61 bits per heavy atom. The number of aliphatic hydroxyl groups is 1. The number of ether oxygens (including phenoxy) is 1. The van der Waals surface area contributed by atoms with Gasteiger partial charge in [0.25, 0.3) is 0 Å². The Balaban J connectivity index is 2.64. The van der Waals surface area contributed by atoms with Gasteiger partial charge in [0.1, 0.15) is 11.4 Å². The highest BCUT2D eigenvalue weighted by Gasteiger charge is 2.33. The van der Waals surface area contributed by atoms with Crippen LogP contribution < -0.4 is 4.74 Å². The van der Waals surface area contributed by atoms with Crippen LogP contribution in [0.25, 0.3) is 0 Å². The van der Waals surface area contributed by atoms with Crippen LogP contribution in [0, 0.1) is 17.1 Å². The zero-order valence-electron chi connectivity index (χ0n) is 10.1. The number of fused-ring (bicyclic) bond motifs is 1. The van der Waals surface area contributed by atoms with Crippen LogP contribution >= 0.6 is 11.6 Å². The molecule has 0 saturated carbocycles. The normalized spacial score (nSPS) is 18.4. The van der Waals surface area contributed by atoms with Crippen molar-refractivity contribution in [3.8, 4) is 11.8 Å². The minimum atomic E-state index is -1.58. The highest BCUT2D eigenvalue weighted by Crippen LogP contribution is 2.42. The van der Waals surface area contributed by atoms with Crippen LogP contribution in [0.1, 0.15) is 37.5 Å². The molecule has 5 heteroatoms. The Morgan fingerprint density at radius 3 is 2.89 bits per heavy atom. The fraction of sp³-hybridized carbons (Fsp3) is 0.462. The van der Waals surface area contributed by atoms with E-state index in [9.17, 15) is 9.50 Å². The summed E-state index contributed by atoms with van der Waals surface area (Å²) in [4.78, 5) is 0. The molecule has 0 aliphatic carbocycles. The quantitative estimate of drug-likeness (QED) is 0.797. The van der Waals surface area contributed by atoms with E-state index >= 15 is 0 Å². The number of aryl methyl sites for hydroxylation is 1. The maximum absolute atomic E-state index is 14.0. The zero-order valence-corrected chi connectivity index (χ0v) is 10.9. The van der Waals surface area contributed by atoms with Crippen molar-refractivity contribution in [2.45, 2.75) is 38.4 Å². The van der Waals surface area contributed by atoms with Crippen molar-refractivity contribution < 1.29 is 14.2 Å². The van der Waals surface area contributed by atoms with Gasteiger partial charge in [-0.2, -0.15) is 5.26 Å². The van der Waals surface area contributed by atoms with Crippen molar-refractivity contribution >= 4 is 11.6 Å². The largest absolute Gasteiger partial charge is 0.487 e. The molecule has 0 fully saturated rings. The van der Waals surface area contributed by atoms with Crippen molar-refractivity contribution in [1.82, 2.24) is 0 Å². The van der Waals surface area contributed by atoms with E-state index in [0.29, 0.717) is 6.42 Å². The average molecular weight is 270 g/mol. The highest BCUT2D eigenvalue weighted by atomic mass is 35.5. The van der Waals surface area contributed by atoms with E-state index in [2.05, 4.69) is 0 Å². The van der Waals surface area contributed by atoms with Crippen LogP contribution in [0.4, 0.5) is 4.39 Å². The third-order valence-corrected chi connectivity index (χ3v) is 3.33.